The molecule has 10 atom stereocenters. The second kappa shape index (κ2) is 19.0. The predicted molar refractivity (Wildman–Crippen MR) is 173 cm³/mol. The molecule has 2 aromatic rings. The maximum absolute atomic E-state index is 12.7. The first-order valence-electron chi connectivity index (χ1n) is 16.6. The van der Waals surface area contributed by atoms with E-state index >= 15 is 0 Å². The van der Waals surface area contributed by atoms with Crippen molar-refractivity contribution in [1.82, 2.24) is 20.2 Å². The van der Waals surface area contributed by atoms with Crippen LogP contribution in [0.4, 0.5) is 0 Å². The van der Waals surface area contributed by atoms with Crippen LogP contribution in [0, 0.1) is 0 Å². The number of carbonyl (C=O) groups is 7. The van der Waals surface area contributed by atoms with Crippen LogP contribution in [0.1, 0.15) is 48.5 Å². The molecule has 0 N–H and O–H groups in total. The average Bonchev–Trinajstić information content (AvgIpc) is 3.55. The normalized spacial score (nSPS) is 27.4. The lowest BCUT2D eigenvalue weighted by Gasteiger charge is -2.48. The molecule has 2 aliphatic heterocycles. The van der Waals surface area contributed by atoms with Crippen molar-refractivity contribution in [1.29, 1.82) is 0 Å². The summed E-state index contributed by atoms with van der Waals surface area (Å²) in [4.78, 5) is 86.1. The molecule has 2 saturated heterocycles. The fourth-order valence-corrected chi connectivity index (χ4v) is 5.65. The maximum Gasteiger partial charge on any atom is 0.342 e. The van der Waals surface area contributed by atoms with Gasteiger partial charge < -0.3 is 52.1 Å². The highest BCUT2D eigenvalue weighted by molar-refractivity contribution is 5.69. The van der Waals surface area contributed by atoms with Crippen LogP contribution in [0.3, 0.4) is 0 Å². The summed E-state index contributed by atoms with van der Waals surface area (Å²) in [5.41, 5.74) is 0.459. The second-order valence-electron chi connectivity index (χ2n) is 12.0. The van der Waals surface area contributed by atoms with E-state index in [-0.39, 0.29) is 6.01 Å². The highest BCUT2D eigenvalue weighted by Gasteiger charge is 2.58. The molecule has 0 spiro atoms. The Labute approximate surface area is 312 Å². The van der Waals surface area contributed by atoms with Crippen molar-refractivity contribution in [2.45, 2.75) is 110 Å². The van der Waals surface area contributed by atoms with Crippen LogP contribution in [0.25, 0.3) is 5.69 Å². The van der Waals surface area contributed by atoms with E-state index in [1.165, 1.54) is 4.68 Å². The topological polar surface area (TPSA) is 265 Å². The molecule has 3 heterocycles. The van der Waals surface area contributed by atoms with Crippen LogP contribution in [0.2, 0.25) is 0 Å². The van der Waals surface area contributed by atoms with Crippen LogP contribution in [-0.4, -0.2) is 137 Å². The Balaban J connectivity index is 1.82. The van der Waals surface area contributed by atoms with Crippen LogP contribution >= 0.6 is 0 Å². The third kappa shape index (κ3) is 11.6. The molecule has 0 radical (unpaired) electrons. The fraction of sp³-hybridized carbons (Fsp3) is 0.576. The molecule has 4 rings (SSSR count). The van der Waals surface area contributed by atoms with Crippen molar-refractivity contribution in [3.63, 3.8) is 0 Å². The monoisotopic (exact) mass is 780 g/mol. The Morgan fingerprint density at radius 2 is 1.00 bits per heavy atom. The summed E-state index contributed by atoms with van der Waals surface area (Å²) < 4.78 is 63.8. The number of para-hydroxylation sites is 1. The summed E-state index contributed by atoms with van der Waals surface area (Å²) in [6, 6.07) is 8.24. The van der Waals surface area contributed by atoms with Gasteiger partial charge in [0, 0.05) is 48.5 Å². The zero-order valence-corrected chi connectivity index (χ0v) is 30.7. The SMILES string of the molecule is CC(=O)OC[C@H]1O[C@@H](O[C@H]2[C@H](OC(C)=O)[C@@H](OC(C)=O)[C@@H](Oc3nnnn3-c3ccccc3)O[C@@H]2COC(C)=O)[C@H](OC(C)=O)[C@@H](OC(C)=O)[C@H]1OC(C)=O. The van der Waals surface area contributed by atoms with E-state index in [0.717, 1.165) is 48.5 Å². The maximum atomic E-state index is 12.7. The Kier molecular flexibility index (Phi) is 14.5. The molecule has 0 bridgehead atoms. The van der Waals surface area contributed by atoms with Crippen molar-refractivity contribution in [3.8, 4) is 11.7 Å². The Morgan fingerprint density at radius 1 is 0.564 bits per heavy atom. The zero-order chi connectivity index (χ0) is 40.4. The molecule has 0 aliphatic carbocycles. The van der Waals surface area contributed by atoms with E-state index in [4.69, 9.17) is 52.1 Å². The summed E-state index contributed by atoms with van der Waals surface area (Å²) in [5, 5.41) is 11.5. The summed E-state index contributed by atoms with van der Waals surface area (Å²) >= 11 is 0. The van der Waals surface area contributed by atoms with Crippen LogP contribution in [-0.2, 0) is 80.9 Å². The minimum atomic E-state index is -1.84. The molecule has 2 fully saturated rings. The van der Waals surface area contributed by atoms with Gasteiger partial charge in [-0.25, -0.2) is 0 Å². The van der Waals surface area contributed by atoms with Crippen molar-refractivity contribution in [3.05, 3.63) is 30.3 Å². The number of benzene rings is 1. The summed E-state index contributed by atoms with van der Waals surface area (Å²) in [5.74, 6) is -6.07. The smallest absolute Gasteiger partial charge is 0.342 e. The first-order valence-corrected chi connectivity index (χ1v) is 16.6. The first-order chi connectivity index (χ1) is 26.0. The molecule has 300 valence electrons. The summed E-state index contributed by atoms with van der Waals surface area (Å²) in [6.45, 7) is 6.18. The van der Waals surface area contributed by atoms with Gasteiger partial charge in [0.15, 0.2) is 30.7 Å². The Bertz CT molecular complexity index is 1700. The minimum absolute atomic E-state index is 0.264. The Hall–Kier alpha value is -5.74. The van der Waals surface area contributed by atoms with E-state index < -0.39 is 116 Å². The minimum Gasteiger partial charge on any atom is -0.463 e. The largest absolute Gasteiger partial charge is 0.463 e. The number of rotatable bonds is 14. The van der Waals surface area contributed by atoms with E-state index in [0.29, 0.717) is 5.69 Å². The van der Waals surface area contributed by atoms with E-state index in [9.17, 15) is 33.6 Å². The van der Waals surface area contributed by atoms with E-state index in [2.05, 4.69) is 15.5 Å². The van der Waals surface area contributed by atoms with Gasteiger partial charge in [0.25, 0.3) is 0 Å². The molecular formula is C33H40N4O18. The number of hydrogen-bond acceptors (Lipinski definition) is 21. The van der Waals surface area contributed by atoms with Gasteiger partial charge >= 0.3 is 47.8 Å². The Morgan fingerprint density at radius 3 is 1.51 bits per heavy atom. The van der Waals surface area contributed by atoms with Gasteiger partial charge in [-0.2, -0.15) is 4.68 Å². The third-order valence-corrected chi connectivity index (χ3v) is 7.55. The van der Waals surface area contributed by atoms with E-state index in [1.807, 2.05) is 0 Å². The standard InChI is InChI=1S/C33H40N4O18/c1-15(38)45-13-23-25(47-17(3)40)27(48-18(4)41)29(50-20(6)43)31(52-23)54-26-24(14-46-16(2)39)53-32(30(51-21(7)44)28(26)49-19(5)42)55-33-34-35-36-37(33)22-11-9-8-10-12-22/h8-12,23-32H,13-14H2,1-7H3/t23-,24-,25+,26-,27+,28+,29-,30-,31+,32-/m1/s1. The molecule has 0 saturated carbocycles. The molecule has 22 heteroatoms. The van der Waals surface area contributed by atoms with Crippen molar-refractivity contribution in [2.24, 2.45) is 0 Å². The highest BCUT2D eigenvalue weighted by Crippen LogP contribution is 2.36. The van der Waals surface area contributed by atoms with Crippen LogP contribution < -0.4 is 4.74 Å². The predicted octanol–water partition coefficient (Wildman–Crippen LogP) is -0.339. The van der Waals surface area contributed by atoms with Gasteiger partial charge in [-0.1, -0.05) is 23.3 Å². The van der Waals surface area contributed by atoms with Gasteiger partial charge in [-0.15, -0.1) is 0 Å². The van der Waals surface area contributed by atoms with Crippen molar-refractivity contribution >= 4 is 41.8 Å². The number of carbonyl (C=O) groups excluding carboxylic acids is 7. The quantitative estimate of drug-likeness (QED) is 0.175. The molecule has 2 aliphatic rings. The lowest BCUT2D eigenvalue weighted by molar-refractivity contribution is -0.355. The number of ether oxygens (including phenoxy) is 11. The van der Waals surface area contributed by atoms with Gasteiger partial charge in [0.1, 0.15) is 31.5 Å². The average molecular weight is 781 g/mol. The summed E-state index contributed by atoms with van der Waals surface area (Å²) in [6.07, 6.45) is -16.4. The van der Waals surface area contributed by atoms with Gasteiger partial charge in [0.05, 0.1) is 5.69 Å². The number of nitrogens with zero attached hydrogens (tertiary/aromatic N) is 4. The van der Waals surface area contributed by atoms with Crippen molar-refractivity contribution in [2.75, 3.05) is 13.2 Å². The molecule has 0 amide bonds. The van der Waals surface area contributed by atoms with E-state index in [1.54, 1.807) is 30.3 Å². The molecule has 55 heavy (non-hydrogen) atoms. The lowest BCUT2D eigenvalue weighted by atomic mass is 9.96. The van der Waals surface area contributed by atoms with Gasteiger partial charge in [0.2, 0.25) is 12.4 Å². The molecule has 1 aromatic carbocycles. The fourth-order valence-electron chi connectivity index (χ4n) is 5.65. The highest BCUT2D eigenvalue weighted by atomic mass is 16.8. The van der Waals surface area contributed by atoms with Crippen molar-refractivity contribution < 1.29 is 85.7 Å². The second-order valence-corrected chi connectivity index (χ2v) is 12.0. The van der Waals surface area contributed by atoms with Crippen LogP contribution in [0.15, 0.2) is 30.3 Å². The number of tetrazole rings is 1. The molecule has 0 unspecified atom stereocenters. The van der Waals surface area contributed by atoms with Gasteiger partial charge in [-0.05, 0) is 22.6 Å². The molecule has 22 nitrogen and oxygen atoms in total. The molecular weight excluding hydrogens is 740 g/mol. The lowest BCUT2D eigenvalue weighted by Crippen LogP contribution is -2.67. The summed E-state index contributed by atoms with van der Waals surface area (Å²) in [7, 11) is 0. The number of hydrogen-bond donors (Lipinski definition) is 0. The van der Waals surface area contributed by atoms with Gasteiger partial charge in [-0.3, -0.25) is 33.6 Å². The zero-order valence-electron chi connectivity index (χ0n) is 30.7. The third-order valence-electron chi connectivity index (χ3n) is 7.55. The molecule has 1 aromatic heterocycles. The number of aromatic nitrogens is 4. The number of esters is 7. The first kappa shape index (κ1) is 42.0. The van der Waals surface area contributed by atoms with Crippen LogP contribution in [0.5, 0.6) is 6.01 Å².